The number of hydrogen-bond acceptors (Lipinski definition) is 5. The number of anilines is 1. The molecule has 0 radical (unpaired) electrons. The molecule has 4 N–H and O–H groups in total. The normalized spacial score (nSPS) is 13.8. The SMILES string of the molecule is CC(N)CC(C)COc1ccc(-c2cc(N)nc3ccnn23)cc1F. The Bertz CT molecular complexity index is 877. The van der Waals surface area contributed by atoms with Crippen LogP contribution in [-0.4, -0.2) is 27.2 Å². The first-order valence-electron chi connectivity index (χ1n) is 8.22. The summed E-state index contributed by atoms with van der Waals surface area (Å²) >= 11 is 0. The highest BCUT2D eigenvalue weighted by Crippen LogP contribution is 2.27. The van der Waals surface area contributed by atoms with E-state index in [0.717, 1.165) is 6.42 Å². The van der Waals surface area contributed by atoms with Crippen LogP contribution in [0.4, 0.5) is 10.2 Å². The highest BCUT2D eigenvalue weighted by atomic mass is 19.1. The van der Waals surface area contributed by atoms with Crippen molar-refractivity contribution >= 4 is 11.5 Å². The van der Waals surface area contributed by atoms with Crippen LogP contribution in [0, 0.1) is 11.7 Å². The van der Waals surface area contributed by atoms with E-state index in [1.165, 1.54) is 6.07 Å². The van der Waals surface area contributed by atoms with Gasteiger partial charge in [0.2, 0.25) is 0 Å². The molecule has 7 heteroatoms. The summed E-state index contributed by atoms with van der Waals surface area (Å²) in [5.41, 5.74) is 13.5. The van der Waals surface area contributed by atoms with Crippen molar-refractivity contribution in [3.8, 4) is 17.0 Å². The van der Waals surface area contributed by atoms with Crippen LogP contribution >= 0.6 is 0 Å². The van der Waals surface area contributed by atoms with Gasteiger partial charge in [-0.2, -0.15) is 5.10 Å². The summed E-state index contributed by atoms with van der Waals surface area (Å²) in [6.07, 6.45) is 2.45. The number of fused-ring (bicyclic) bond motifs is 1. The summed E-state index contributed by atoms with van der Waals surface area (Å²) in [5, 5.41) is 4.21. The van der Waals surface area contributed by atoms with Crippen LogP contribution in [0.5, 0.6) is 5.75 Å². The maximum absolute atomic E-state index is 14.4. The largest absolute Gasteiger partial charge is 0.490 e. The molecule has 0 fully saturated rings. The van der Waals surface area contributed by atoms with Gasteiger partial charge in [0, 0.05) is 23.7 Å². The summed E-state index contributed by atoms with van der Waals surface area (Å²) in [7, 11) is 0. The fourth-order valence-electron chi connectivity index (χ4n) is 2.85. The fraction of sp³-hybridized carbons (Fsp3) is 0.333. The third-order valence-corrected chi connectivity index (χ3v) is 3.90. The Hall–Kier alpha value is -2.67. The van der Waals surface area contributed by atoms with Gasteiger partial charge in [-0.1, -0.05) is 6.92 Å². The lowest BCUT2D eigenvalue weighted by Gasteiger charge is -2.16. The number of rotatable bonds is 6. The van der Waals surface area contributed by atoms with E-state index in [2.05, 4.69) is 10.1 Å². The number of aromatic nitrogens is 3. The van der Waals surface area contributed by atoms with Gasteiger partial charge >= 0.3 is 0 Å². The molecule has 6 nitrogen and oxygen atoms in total. The molecule has 0 bridgehead atoms. The van der Waals surface area contributed by atoms with Crippen molar-refractivity contribution in [3.05, 3.63) is 42.3 Å². The predicted molar refractivity (Wildman–Crippen MR) is 95.7 cm³/mol. The number of nitrogens with two attached hydrogens (primary N) is 2. The summed E-state index contributed by atoms with van der Waals surface area (Å²) in [6, 6.07) is 8.33. The number of halogens is 1. The molecule has 2 heterocycles. The minimum atomic E-state index is -0.429. The van der Waals surface area contributed by atoms with Crippen LogP contribution in [0.15, 0.2) is 36.5 Å². The smallest absolute Gasteiger partial charge is 0.165 e. The minimum Gasteiger partial charge on any atom is -0.490 e. The topological polar surface area (TPSA) is 91.5 Å². The molecule has 2 unspecified atom stereocenters. The molecule has 0 saturated carbocycles. The van der Waals surface area contributed by atoms with Gasteiger partial charge < -0.3 is 16.2 Å². The second-order valence-corrected chi connectivity index (χ2v) is 6.44. The van der Waals surface area contributed by atoms with E-state index in [9.17, 15) is 4.39 Å². The molecule has 3 aromatic rings. The molecule has 0 aliphatic heterocycles. The Balaban J connectivity index is 1.83. The van der Waals surface area contributed by atoms with Crippen LogP contribution in [0.2, 0.25) is 0 Å². The lowest BCUT2D eigenvalue weighted by Crippen LogP contribution is -2.21. The first-order chi connectivity index (χ1) is 11.9. The first-order valence-corrected chi connectivity index (χ1v) is 8.22. The Morgan fingerprint density at radius 3 is 2.76 bits per heavy atom. The summed E-state index contributed by atoms with van der Waals surface area (Å²) in [5.74, 6) is 0.399. The maximum Gasteiger partial charge on any atom is 0.165 e. The van der Waals surface area contributed by atoms with Crippen molar-refractivity contribution in [1.29, 1.82) is 0 Å². The van der Waals surface area contributed by atoms with E-state index < -0.39 is 5.82 Å². The average molecular weight is 343 g/mol. The average Bonchev–Trinajstić information content (AvgIpc) is 3.00. The van der Waals surface area contributed by atoms with Gasteiger partial charge in [0.15, 0.2) is 17.2 Å². The molecule has 0 aliphatic rings. The summed E-state index contributed by atoms with van der Waals surface area (Å²) in [6.45, 7) is 4.40. The zero-order valence-electron chi connectivity index (χ0n) is 14.3. The molecule has 0 amide bonds. The quantitative estimate of drug-likeness (QED) is 0.718. The van der Waals surface area contributed by atoms with Crippen molar-refractivity contribution in [2.24, 2.45) is 11.7 Å². The van der Waals surface area contributed by atoms with E-state index in [1.807, 2.05) is 13.8 Å². The number of hydrogen-bond donors (Lipinski definition) is 2. The molecule has 0 spiro atoms. The van der Waals surface area contributed by atoms with Crippen molar-refractivity contribution in [3.63, 3.8) is 0 Å². The molecule has 0 aliphatic carbocycles. The molecule has 1 aromatic carbocycles. The lowest BCUT2D eigenvalue weighted by atomic mass is 10.0. The van der Waals surface area contributed by atoms with E-state index in [1.54, 1.807) is 35.0 Å². The van der Waals surface area contributed by atoms with Gasteiger partial charge in [-0.3, -0.25) is 0 Å². The summed E-state index contributed by atoms with van der Waals surface area (Å²) in [4.78, 5) is 4.18. The van der Waals surface area contributed by atoms with Crippen LogP contribution < -0.4 is 16.2 Å². The number of benzene rings is 1. The minimum absolute atomic E-state index is 0.0967. The molecule has 2 aromatic heterocycles. The maximum atomic E-state index is 14.4. The van der Waals surface area contributed by atoms with Crippen LogP contribution in [0.25, 0.3) is 16.9 Å². The predicted octanol–water partition coefficient (Wildman–Crippen LogP) is 2.87. The van der Waals surface area contributed by atoms with Gasteiger partial charge in [-0.25, -0.2) is 13.9 Å². The van der Waals surface area contributed by atoms with Crippen LogP contribution in [-0.2, 0) is 0 Å². The van der Waals surface area contributed by atoms with Crippen molar-refractivity contribution in [1.82, 2.24) is 14.6 Å². The number of nitrogens with zero attached hydrogens (tertiary/aromatic N) is 3. The summed E-state index contributed by atoms with van der Waals surface area (Å²) < 4.78 is 21.7. The monoisotopic (exact) mass is 343 g/mol. The zero-order valence-corrected chi connectivity index (χ0v) is 14.3. The highest BCUT2D eigenvalue weighted by Gasteiger charge is 2.12. The van der Waals surface area contributed by atoms with Gasteiger partial charge in [-0.15, -0.1) is 0 Å². The Kier molecular flexibility index (Phi) is 4.85. The second kappa shape index (κ2) is 7.06. The van der Waals surface area contributed by atoms with Crippen LogP contribution in [0.3, 0.4) is 0 Å². The molecule has 25 heavy (non-hydrogen) atoms. The standard InChI is InChI=1S/C18H22FN5O/c1-11(7-12(2)20)10-25-16-4-3-13(8-14(16)19)15-9-17(21)23-18-5-6-22-24(15)18/h3-6,8-9,11-12H,7,10,20H2,1-2H3,(H2,21,23). The van der Waals surface area contributed by atoms with Crippen molar-refractivity contribution in [2.45, 2.75) is 26.3 Å². The van der Waals surface area contributed by atoms with E-state index >= 15 is 0 Å². The first kappa shape index (κ1) is 17.2. The Morgan fingerprint density at radius 1 is 1.24 bits per heavy atom. The van der Waals surface area contributed by atoms with E-state index in [4.69, 9.17) is 16.2 Å². The van der Waals surface area contributed by atoms with Gasteiger partial charge in [0.05, 0.1) is 18.5 Å². The third kappa shape index (κ3) is 3.88. The zero-order chi connectivity index (χ0) is 18.0. The lowest BCUT2D eigenvalue weighted by molar-refractivity contribution is 0.237. The third-order valence-electron chi connectivity index (χ3n) is 3.90. The number of ether oxygens (including phenoxy) is 1. The van der Waals surface area contributed by atoms with Gasteiger partial charge in [0.25, 0.3) is 0 Å². The Morgan fingerprint density at radius 2 is 2.04 bits per heavy atom. The van der Waals surface area contributed by atoms with Crippen molar-refractivity contribution < 1.29 is 9.13 Å². The fourth-order valence-corrected chi connectivity index (χ4v) is 2.85. The van der Waals surface area contributed by atoms with Gasteiger partial charge in [-0.05, 0) is 37.5 Å². The highest BCUT2D eigenvalue weighted by molar-refractivity contribution is 5.66. The van der Waals surface area contributed by atoms with Gasteiger partial charge in [0.1, 0.15) is 5.82 Å². The molecule has 3 rings (SSSR count). The van der Waals surface area contributed by atoms with Crippen LogP contribution in [0.1, 0.15) is 20.3 Å². The molecule has 132 valence electrons. The molecule has 0 saturated heterocycles. The van der Waals surface area contributed by atoms with E-state index in [0.29, 0.717) is 29.3 Å². The van der Waals surface area contributed by atoms with Crippen molar-refractivity contribution in [2.75, 3.05) is 12.3 Å². The Labute approximate surface area is 145 Å². The molecular weight excluding hydrogens is 321 g/mol. The molecular formula is C18H22FN5O. The number of nitrogen functional groups attached to an aromatic ring is 1. The molecule has 2 atom stereocenters. The van der Waals surface area contributed by atoms with E-state index in [-0.39, 0.29) is 17.7 Å². The second-order valence-electron chi connectivity index (χ2n) is 6.44.